The number of aromatic nitrogens is 1. The monoisotopic (exact) mass is 286 g/mol. The van der Waals surface area contributed by atoms with Crippen LogP contribution in [0.1, 0.15) is 10.4 Å². The van der Waals surface area contributed by atoms with E-state index in [4.69, 9.17) is 16.7 Å². The lowest BCUT2D eigenvalue weighted by Gasteiger charge is -2.16. The fourth-order valence-corrected chi connectivity index (χ4v) is 1.17. The highest BCUT2D eigenvalue weighted by molar-refractivity contribution is 6.29. The molecule has 18 heavy (non-hydrogen) atoms. The molecule has 1 aromatic rings. The lowest BCUT2D eigenvalue weighted by molar-refractivity contribution is -0.117. The lowest BCUT2D eigenvalue weighted by atomic mass is 10.2. The Hall–Kier alpha value is -1.57. The van der Waals surface area contributed by atoms with Gasteiger partial charge >= 0.3 is 18.3 Å². The number of halogens is 5. The minimum absolute atomic E-state index is 0.150. The van der Waals surface area contributed by atoms with Crippen LogP contribution in [0.4, 0.5) is 23.4 Å². The van der Waals surface area contributed by atoms with Gasteiger partial charge in [0.05, 0.1) is 6.54 Å². The van der Waals surface area contributed by atoms with E-state index < -0.39 is 36.2 Å². The maximum absolute atomic E-state index is 12.6. The van der Waals surface area contributed by atoms with Crippen LogP contribution in [0, 0.1) is 0 Å². The summed E-state index contributed by atoms with van der Waals surface area (Å²) in [5.74, 6) is -6.22. The van der Waals surface area contributed by atoms with Crippen molar-refractivity contribution in [2.75, 3.05) is 11.9 Å². The SMILES string of the molecule is O=C(O)c1ccc(Cl)nc1NCC(F)(F)C(F)F. The number of carbonyl (C=O) groups is 1. The highest BCUT2D eigenvalue weighted by Gasteiger charge is 2.40. The number of nitrogens with one attached hydrogen (secondary N) is 1. The van der Waals surface area contributed by atoms with Crippen LogP contribution in [0.5, 0.6) is 0 Å². The quantitative estimate of drug-likeness (QED) is 0.645. The van der Waals surface area contributed by atoms with Crippen molar-refractivity contribution in [2.45, 2.75) is 12.3 Å². The van der Waals surface area contributed by atoms with Gasteiger partial charge in [0.2, 0.25) is 0 Å². The second kappa shape index (κ2) is 5.38. The van der Waals surface area contributed by atoms with Crippen LogP contribution in [0.25, 0.3) is 0 Å². The Kier molecular flexibility index (Phi) is 4.33. The molecule has 0 aliphatic rings. The minimum Gasteiger partial charge on any atom is -0.478 e. The Morgan fingerprint density at radius 2 is 2.11 bits per heavy atom. The predicted octanol–water partition coefficient (Wildman–Crippen LogP) is 2.75. The van der Waals surface area contributed by atoms with Crippen LogP contribution < -0.4 is 5.32 Å². The van der Waals surface area contributed by atoms with Gasteiger partial charge in [0.1, 0.15) is 16.5 Å². The molecule has 0 aliphatic carbocycles. The zero-order valence-electron chi connectivity index (χ0n) is 8.63. The van der Waals surface area contributed by atoms with Crippen LogP contribution in [0.2, 0.25) is 5.15 Å². The molecule has 100 valence electrons. The third-order valence-corrected chi connectivity index (χ3v) is 2.11. The smallest absolute Gasteiger partial charge is 0.339 e. The van der Waals surface area contributed by atoms with E-state index in [1.807, 2.05) is 5.32 Å². The number of aromatic carboxylic acids is 1. The highest BCUT2D eigenvalue weighted by atomic mass is 35.5. The van der Waals surface area contributed by atoms with Crippen LogP contribution >= 0.6 is 11.6 Å². The standard InChI is InChI=1S/C9H7ClF4N2O2/c10-5-2-1-4(7(17)18)6(16-5)15-3-9(13,14)8(11)12/h1-2,8H,3H2,(H,15,16)(H,17,18). The molecule has 0 aromatic carbocycles. The van der Waals surface area contributed by atoms with Gasteiger partial charge < -0.3 is 10.4 Å². The molecule has 1 aromatic heterocycles. The van der Waals surface area contributed by atoms with E-state index in [1.54, 1.807) is 0 Å². The number of hydrogen-bond acceptors (Lipinski definition) is 3. The lowest BCUT2D eigenvalue weighted by Crippen LogP contribution is -2.35. The van der Waals surface area contributed by atoms with Crippen molar-refractivity contribution in [3.05, 3.63) is 22.8 Å². The molecule has 2 N–H and O–H groups in total. The van der Waals surface area contributed by atoms with Gasteiger partial charge in [-0.3, -0.25) is 0 Å². The Bertz CT molecular complexity index is 456. The summed E-state index contributed by atoms with van der Waals surface area (Å²) in [5, 5.41) is 10.4. The number of nitrogens with zero attached hydrogens (tertiary/aromatic N) is 1. The predicted molar refractivity (Wildman–Crippen MR) is 55.6 cm³/mol. The number of carboxylic acids is 1. The molecule has 9 heteroatoms. The van der Waals surface area contributed by atoms with Gasteiger partial charge in [0.15, 0.2) is 0 Å². The first kappa shape index (κ1) is 14.5. The summed E-state index contributed by atoms with van der Waals surface area (Å²) < 4.78 is 49.1. The molecule has 0 saturated heterocycles. The number of rotatable bonds is 5. The van der Waals surface area contributed by atoms with E-state index in [0.29, 0.717) is 0 Å². The Labute approximate surface area is 104 Å². The summed E-state index contributed by atoms with van der Waals surface area (Å²) in [6.45, 7) is -1.45. The van der Waals surface area contributed by atoms with Crippen LogP contribution in [0.15, 0.2) is 12.1 Å². The second-order valence-electron chi connectivity index (χ2n) is 3.25. The van der Waals surface area contributed by atoms with Gasteiger partial charge in [-0.1, -0.05) is 11.6 Å². The minimum atomic E-state index is -4.29. The molecule has 0 unspecified atom stereocenters. The fourth-order valence-electron chi connectivity index (χ4n) is 1.02. The number of pyridine rings is 1. The van der Waals surface area contributed by atoms with E-state index in [-0.39, 0.29) is 5.15 Å². The largest absolute Gasteiger partial charge is 0.478 e. The average Bonchev–Trinajstić information content (AvgIpc) is 2.26. The van der Waals surface area contributed by atoms with E-state index in [9.17, 15) is 22.4 Å². The zero-order valence-corrected chi connectivity index (χ0v) is 9.39. The van der Waals surface area contributed by atoms with Gasteiger partial charge in [0.25, 0.3) is 0 Å². The topological polar surface area (TPSA) is 62.2 Å². The van der Waals surface area contributed by atoms with Crippen molar-refractivity contribution < 1.29 is 27.5 Å². The fraction of sp³-hybridized carbons (Fsp3) is 0.333. The number of hydrogen-bond donors (Lipinski definition) is 2. The molecule has 0 amide bonds. The second-order valence-corrected chi connectivity index (χ2v) is 3.64. The molecule has 0 spiro atoms. The molecular formula is C9H7ClF4N2O2. The van der Waals surface area contributed by atoms with Gasteiger partial charge in [-0.25, -0.2) is 18.6 Å². The average molecular weight is 287 g/mol. The zero-order chi connectivity index (χ0) is 13.9. The van der Waals surface area contributed by atoms with Crippen molar-refractivity contribution in [1.82, 2.24) is 4.98 Å². The van der Waals surface area contributed by atoms with Crippen molar-refractivity contribution in [1.29, 1.82) is 0 Å². The Morgan fingerprint density at radius 3 is 2.61 bits per heavy atom. The third-order valence-electron chi connectivity index (χ3n) is 1.90. The number of alkyl halides is 4. The first-order valence-electron chi connectivity index (χ1n) is 4.53. The molecule has 1 rings (SSSR count). The molecule has 0 radical (unpaired) electrons. The van der Waals surface area contributed by atoms with Crippen molar-refractivity contribution in [3.8, 4) is 0 Å². The van der Waals surface area contributed by atoms with Crippen LogP contribution in [-0.2, 0) is 0 Å². The van der Waals surface area contributed by atoms with Crippen molar-refractivity contribution in [2.24, 2.45) is 0 Å². The van der Waals surface area contributed by atoms with Crippen molar-refractivity contribution >= 4 is 23.4 Å². The molecule has 0 aliphatic heterocycles. The van der Waals surface area contributed by atoms with Crippen molar-refractivity contribution in [3.63, 3.8) is 0 Å². The summed E-state index contributed by atoms with van der Waals surface area (Å²) in [5.41, 5.74) is -0.440. The van der Waals surface area contributed by atoms with E-state index in [1.165, 1.54) is 0 Å². The van der Waals surface area contributed by atoms with Gasteiger partial charge in [-0.05, 0) is 12.1 Å². The first-order chi connectivity index (χ1) is 8.24. The molecule has 4 nitrogen and oxygen atoms in total. The molecule has 1 heterocycles. The first-order valence-corrected chi connectivity index (χ1v) is 4.91. The molecule has 0 fully saturated rings. The van der Waals surface area contributed by atoms with Gasteiger partial charge in [-0.15, -0.1) is 0 Å². The summed E-state index contributed by atoms with van der Waals surface area (Å²) in [7, 11) is 0. The van der Waals surface area contributed by atoms with E-state index >= 15 is 0 Å². The van der Waals surface area contributed by atoms with E-state index in [2.05, 4.69) is 4.98 Å². The summed E-state index contributed by atoms with van der Waals surface area (Å²) in [6.07, 6.45) is -3.86. The van der Waals surface area contributed by atoms with Crippen LogP contribution in [0.3, 0.4) is 0 Å². The number of carboxylic acid groups (broad SMARTS) is 1. The summed E-state index contributed by atoms with van der Waals surface area (Å²) >= 11 is 5.45. The third kappa shape index (κ3) is 3.46. The molecular weight excluding hydrogens is 280 g/mol. The molecule has 0 atom stereocenters. The summed E-state index contributed by atoms with van der Waals surface area (Å²) in [6, 6.07) is 2.17. The molecule has 0 bridgehead atoms. The highest BCUT2D eigenvalue weighted by Crippen LogP contribution is 2.24. The maximum atomic E-state index is 12.6. The number of anilines is 1. The summed E-state index contributed by atoms with van der Waals surface area (Å²) in [4.78, 5) is 14.2. The Morgan fingerprint density at radius 1 is 1.50 bits per heavy atom. The maximum Gasteiger partial charge on any atom is 0.339 e. The van der Waals surface area contributed by atoms with Gasteiger partial charge in [-0.2, -0.15) is 8.78 Å². The molecule has 0 saturated carbocycles. The van der Waals surface area contributed by atoms with E-state index in [0.717, 1.165) is 12.1 Å². The van der Waals surface area contributed by atoms with Gasteiger partial charge in [0, 0.05) is 0 Å². The normalized spacial score (nSPS) is 11.7. The Balaban J connectivity index is 2.90. The van der Waals surface area contributed by atoms with Crippen LogP contribution in [-0.4, -0.2) is 35.0 Å².